The number of rotatable bonds is 3. The van der Waals surface area contributed by atoms with Crippen LogP contribution >= 0.6 is 0 Å². The number of hydrogen-bond acceptors (Lipinski definition) is 5. The van der Waals surface area contributed by atoms with Crippen LogP contribution < -0.4 is 4.90 Å². The van der Waals surface area contributed by atoms with E-state index in [0.29, 0.717) is 17.9 Å². The van der Waals surface area contributed by atoms with Crippen LogP contribution in [-0.4, -0.2) is 44.4 Å². The molecular formula is C15H17NO5S. The molecule has 3 rings (SSSR count). The van der Waals surface area contributed by atoms with E-state index >= 15 is 0 Å². The molecule has 2 saturated heterocycles. The molecule has 0 saturated carbocycles. The third kappa shape index (κ3) is 2.61. The fourth-order valence-corrected chi connectivity index (χ4v) is 5.27. The summed E-state index contributed by atoms with van der Waals surface area (Å²) in [5.41, 5.74) is 1.04. The Morgan fingerprint density at radius 3 is 2.59 bits per heavy atom. The molecule has 0 spiro atoms. The van der Waals surface area contributed by atoms with Crippen molar-refractivity contribution >= 4 is 27.4 Å². The van der Waals surface area contributed by atoms with Gasteiger partial charge in [-0.25, -0.2) is 13.2 Å². The SMILES string of the molecule is CCOC(=O)c1ccc(N2C(=O)C[C@@H]3CS(=O)(=O)C[C@@H]32)cc1. The molecule has 2 aliphatic rings. The molecule has 118 valence electrons. The summed E-state index contributed by atoms with van der Waals surface area (Å²) in [7, 11) is -3.07. The monoisotopic (exact) mass is 323 g/mol. The number of carbonyl (C=O) groups excluding carboxylic acids is 2. The molecule has 0 unspecified atom stereocenters. The van der Waals surface area contributed by atoms with Crippen molar-refractivity contribution in [3.63, 3.8) is 0 Å². The van der Waals surface area contributed by atoms with Crippen LogP contribution in [0, 0.1) is 5.92 Å². The Morgan fingerprint density at radius 1 is 1.27 bits per heavy atom. The normalized spacial score (nSPS) is 26.0. The van der Waals surface area contributed by atoms with E-state index in [-0.39, 0.29) is 35.8 Å². The summed E-state index contributed by atoms with van der Waals surface area (Å²) in [6, 6.07) is 6.23. The average molecular weight is 323 g/mol. The molecule has 1 aromatic rings. The number of carbonyl (C=O) groups is 2. The number of fused-ring (bicyclic) bond motifs is 1. The van der Waals surface area contributed by atoms with Crippen LogP contribution in [0.25, 0.3) is 0 Å². The molecule has 0 bridgehead atoms. The highest BCUT2D eigenvalue weighted by atomic mass is 32.2. The van der Waals surface area contributed by atoms with E-state index in [9.17, 15) is 18.0 Å². The van der Waals surface area contributed by atoms with Crippen molar-refractivity contribution in [3.05, 3.63) is 29.8 Å². The standard InChI is InChI=1S/C15H17NO5S/c1-2-21-15(18)10-3-5-12(6-4-10)16-13-9-22(19,20)8-11(13)7-14(16)17/h3-6,11,13H,2,7-9H2,1H3/t11-,13+/m1/s1. The molecule has 6 nitrogen and oxygen atoms in total. The molecule has 0 radical (unpaired) electrons. The van der Waals surface area contributed by atoms with Crippen molar-refractivity contribution in [3.8, 4) is 0 Å². The van der Waals surface area contributed by atoms with Crippen LogP contribution in [0.1, 0.15) is 23.7 Å². The van der Waals surface area contributed by atoms with Gasteiger partial charge in [0.25, 0.3) is 0 Å². The molecule has 2 fully saturated rings. The van der Waals surface area contributed by atoms with Gasteiger partial charge in [-0.1, -0.05) is 0 Å². The van der Waals surface area contributed by atoms with Crippen molar-refractivity contribution in [1.29, 1.82) is 0 Å². The van der Waals surface area contributed by atoms with Gasteiger partial charge in [-0.15, -0.1) is 0 Å². The summed E-state index contributed by atoms with van der Waals surface area (Å²) < 4.78 is 28.4. The third-order valence-corrected chi connectivity index (χ3v) is 5.92. The predicted octanol–water partition coefficient (Wildman–Crippen LogP) is 1.01. The number of ether oxygens (including phenoxy) is 1. The van der Waals surface area contributed by atoms with Crippen LogP contribution in [-0.2, 0) is 19.4 Å². The fraction of sp³-hybridized carbons (Fsp3) is 0.467. The highest BCUT2D eigenvalue weighted by Crippen LogP contribution is 2.37. The van der Waals surface area contributed by atoms with Crippen molar-refractivity contribution < 1.29 is 22.7 Å². The first-order chi connectivity index (χ1) is 10.4. The van der Waals surface area contributed by atoms with E-state index in [2.05, 4.69) is 0 Å². The lowest BCUT2D eigenvalue weighted by Crippen LogP contribution is -2.36. The zero-order valence-corrected chi connectivity index (χ0v) is 13.0. The topological polar surface area (TPSA) is 80.8 Å². The quantitative estimate of drug-likeness (QED) is 0.776. The van der Waals surface area contributed by atoms with E-state index in [0.717, 1.165) is 0 Å². The maximum absolute atomic E-state index is 12.2. The lowest BCUT2D eigenvalue weighted by molar-refractivity contribution is -0.117. The van der Waals surface area contributed by atoms with Gasteiger partial charge in [0.2, 0.25) is 5.91 Å². The van der Waals surface area contributed by atoms with Crippen LogP contribution in [0.5, 0.6) is 0 Å². The van der Waals surface area contributed by atoms with Gasteiger partial charge in [0.1, 0.15) is 0 Å². The lowest BCUT2D eigenvalue weighted by atomic mass is 10.0. The van der Waals surface area contributed by atoms with E-state index in [4.69, 9.17) is 4.74 Å². The highest BCUT2D eigenvalue weighted by molar-refractivity contribution is 7.91. The Hall–Kier alpha value is -1.89. The molecule has 22 heavy (non-hydrogen) atoms. The van der Waals surface area contributed by atoms with Gasteiger partial charge in [-0.05, 0) is 31.2 Å². The van der Waals surface area contributed by atoms with Gasteiger partial charge >= 0.3 is 5.97 Å². The number of anilines is 1. The Labute approximate surface area is 129 Å². The maximum Gasteiger partial charge on any atom is 0.338 e. The van der Waals surface area contributed by atoms with E-state index < -0.39 is 15.8 Å². The van der Waals surface area contributed by atoms with Crippen molar-refractivity contribution in [1.82, 2.24) is 0 Å². The Bertz CT molecular complexity index is 710. The van der Waals surface area contributed by atoms with Crippen molar-refractivity contribution in [2.24, 2.45) is 5.92 Å². The first kappa shape index (κ1) is 15.0. The summed E-state index contributed by atoms with van der Waals surface area (Å²) in [6.07, 6.45) is 0.267. The first-order valence-electron chi connectivity index (χ1n) is 7.21. The lowest BCUT2D eigenvalue weighted by Gasteiger charge is -2.23. The summed E-state index contributed by atoms with van der Waals surface area (Å²) in [5, 5.41) is 0. The van der Waals surface area contributed by atoms with E-state index in [1.807, 2.05) is 0 Å². The van der Waals surface area contributed by atoms with E-state index in [1.54, 1.807) is 36.1 Å². The smallest absolute Gasteiger partial charge is 0.338 e. The van der Waals surface area contributed by atoms with Gasteiger partial charge in [0, 0.05) is 18.0 Å². The molecule has 2 heterocycles. The van der Waals surface area contributed by atoms with Crippen molar-refractivity contribution in [2.75, 3.05) is 23.0 Å². The Kier molecular flexibility index (Phi) is 3.68. The van der Waals surface area contributed by atoms with Crippen LogP contribution in [0.3, 0.4) is 0 Å². The molecule has 0 N–H and O–H groups in total. The second-order valence-corrected chi connectivity index (χ2v) is 7.79. The number of amides is 1. The number of benzene rings is 1. The van der Waals surface area contributed by atoms with Crippen LogP contribution in [0.15, 0.2) is 24.3 Å². The van der Waals surface area contributed by atoms with E-state index in [1.165, 1.54) is 0 Å². The minimum atomic E-state index is -3.07. The average Bonchev–Trinajstić information content (AvgIpc) is 2.89. The zero-order chi connectivity index (χ0) is 15.9. The molecule has 1 aromatic carbocycles. The predicted molar refractivity (Wildman–Crippen MR) is 80.4 cm³/mol. The maximum atomic E-state index is 12.2. The fourth-order valence-electron chi connectivity index (χ4n) is 3.20. The molecule has 0 aliphatic carbocycles. The van der Waals surface area contributed by atoms with Crippen molar-refractivity contribution in [2.45, 2.75) is 19.4 Å². The first-order valence-corrected chi connectivity index (χ1v) is 9.03. The summed E-state index contributed by atoms with van der Waals surface area (Å²) >= 11 is 0. The number of nitrogens with zero attached hydrogens (tertiary/aromatic N) is 1. The number of sulfone groups is 1. The van der Waals surface area contributed by atoms with Gasteiger partial charge < -0.3 is 9.64 Å². The van der Waals surface area contributed by atoms with Gasteiger partial charge in [-0.2, -0.15) is 0 Å². The van der Waals surface area contributed by atoms with Gasteiger partial charge in [0.15, 0.2) is 9.84 Å². The number of esters is 1. The third-order valence-electron chi connectivity index (χ3n) is 4.13. The van der Waals surface area contributed by atoms with Gasteiger partial charge in [-0.3, -0.25) is 4.79 Å². The molecule has 2 aliphatic heterocycles. The van der Waals surface area contributed by atoms with Gasteiger partial charge in [0.05, 0.1) is 29.7 Å². The largest absolute Gasteiger partial charge is 0.462 e. The number of hydrogen-bond donors (Lipinski definition) is 0. The summed E-state index contributed by atoms with van der Waals surface area (Å²) in [4.78, 5) is 25.3. The Balaban J connectivity index is 1.84. The molecular weight excluding hydrogens is 306 g/mol. The minimum Gasteiger partial charge on any atom is -0.462 e. The molecule has 2 atom stereocenters. The zero-order valence-electron chi connectivity index (χ0n) is 12.2. The highest BCUT2D eigenvalue weighted by Gasteiger charge is 2.49. The second kappa shape index (κ2) is 5.39. The molecule has 7 heteroatoms. The molecule has 0 aromatic heterocycles. The Morgan fingerprint density at radius 2 is 1.95 bits per heavy atom. The second-order valence-electron chi connectivity index (χ2n) is 5.64. The van der Waals surface area contributed by atoms with Crippen LogP contribution in [0.4, 0.5) is 5.69 Å². The minimum absolute atomic E-state index is 0.0169. The summed E-state index contributed by atoms with van der Waals surface area (Å²) in [5.74, 6) is -0.497. The summed E-state index contributed by atoms with van der Waals surface area (Å²) in [6.45, 7) is 2.03. The molecule has 1 amide bonds. The van der Waals surface area contributed by atoms with Crippen LogP contribution in [0.2, 0.25) is 0 Å².